The van der Waals surface area contributed by atoms with Crippen LogP contribution in [0.25, 0.3) is 10.9 Å². The summed E-state index contributed by atoms with van der Waals surface area (Å²) < 4.78 is 2.12. The molecule has 2 aromatic rings. The fourth-order valence-electron chi connectivity index (χ4n) is 2.03. The number of hydrogen-bond donors (Lipinski definition) is 1. The number of carboxylic acids is 1. The molecule has 0 amide bonds. The number of hydrogen-bond acceptors (Lipinski definition) is 1. The lowest BCUT2D eigenvalue weighted by Crippen LogP contribution is -2.05. The van der Waals surface area contributed by atoms with Crippen molar-refractivity contribution in [1.29, 1.82) is 0 Å². The molecule has 2 rings (SSSR count). The standard InChI is InChI=1S/C13H15NO2/c1-9(2)14-7-6-10-4-3-5-11(13(10)14)8-12(15)16/h3-7,9H,8H2,1-2H3,(H,15,16). The van der Waals surface area contributed by atoms with Gasteiger partial charge in [-0.3, -0.25) is 4.79 Å². The van der Waals surface area contributed by atoms with E-state index >= 15 is 0 Å². The quantitative estimate of drug-likeness (QED) is 0.859. The van der Waals surface area contributed by atoms with Gasteiger partial charge in [0.05, 0.1) is 11.9 Å². The minimum atomic E-state index is -0.788. The highest BCUT2D eigenvalue weighted by Crippen LogP contribution is 2.24. The van der Waals surface area contributed by atoms with Crippen LogP contribution < -0.4 is 0 Å². The van der Waals surface area contributed by atoms with Gasteiger partial charge in [0.25, 0.3) is 0 Å². The highest BCUT2D eigenvalue weighted by molar-refractivity contribution is 5.86. The van der Waals surface area contributed by atoms with Gasteiger partial charge in [0.1, 0.15) is 0 Å². The van der Waals surface area contributed by atoms with Gasteiger partial charge in [-0.05, 0) is 30.9 Å². The van der Waals surface area contributed by atoms with Gasteiger partial charge >= 0.3 is 5.97 Å². The molecule has 0 atom stereocenters. The van der Waals surface area contributed by atoms with Crippen molar-refractivity contribution in [2.24, 2.45) is 0 Å². The maximum atomic E-state index is 10.8. The number of benzene rings is 1. The summed E-state index contributed by atoms with van der Waals surface area (Å²) in [7, 11) is 0. The van der Waals surface area contributed by atoms with Gasteiger partial charge in [0.2, 0.25) is 0 Å². The smallest absolute Gasteiger partial charge is 0.307 e. The van der Waals surface area contributed by atoms with E-state index in [1.54, 1.807) is 0 Å². The SMILES string of the molecule is CC(C)n1ccc2cccc(CC(=O)O)c21. The second-order valence-corrected chi connectivity index (χ2v) is 4.24. The fraction of sp³-hybridized carbons (Fsp3) is 0.308. The lowest BCUT2D eigenvalue weighted by atomic mass is 10.1. The summed E-state index contributed by atoms with van der Waals surface area (Å²) in [4.78, 5) is 10.8. The number of para-hydroxylation sites is 1. The van der Waals surface area contributed by atoms with Gasteiger partial charge in [-0.2, -0.15) is 0 Å². The third-order valence-electron chi connectivity index (χ3n) is 2.72. The molecule has 0 bridgehead atoms. The average Bonchev–Trinajstić information content (AvgIpc) is 2.61. The summed E-state index contributed by atoms with van der Waals surface area (Å²) in [5.74, 6) is -0.788. The van der Waals surface area contributed by atoms with Crippen LogP contribution in [-0.2, 0) is 11.2 Å². The lowest BCUT2D eigenvalue weighted by Gasteiger charge is -2.12. The number of aromatic nitrogens is 1. The zero-order valence-corrected chi connectivity index (χ0v) is 9.47. The van der Waals surface area contributed by atoms with E-state index in [0.717, 1.165) is 16.5 Å². The van der Waals surface area contributed by atoms with Crippen LogP contribution in [0.4, 0.5) is 0 Å². The predicted molar refractivity (Wildman–Crippen MR) is 63.7 cm³/mol. The van der Waals surface area contributed by atoms with E-state index in [1.165, 1.54) is 0 Å². The Morgan fingerprint density at radius 1 is 1.38 bits per heavy atom. The molecule has 0 aliphatic heterocycles. The van der Waals surface area contributed by atoms with E-state index in [-0.39, 0.29) is 6.42 Å². The Balaban J connectivity index is 2.63. The summed E-state index contributed by atoms with van der Waals surface area (Å²) >= 11 is 0. The highest BCUT2D eigenvalue weighted by Gasteiger charge is 2.10. The van der Waals surface area contributed by atoms with Gasteiger partial charge in [0.15, 0.2) is 0 Å². The number of nitrogens with zero attached hydrogens (tertiary/aromatic N) is 1. The van der Waals surface area contributed by atoms with Crippen molar-refractivity contribution in [1.82, 2.24) is 4.57 Å². The summed E-state index contributed by atoms with van der Waals surface area (Å²) in [6.45, 7) is 4.19. The van der Waals surface area contributed by atoms with Crippen LogP contribution in [0.3, 0.4) is 0 Å². The van der Waals surface area contributed by atoms with E-state index in [2.05, 4.69) is 18.4 Å². The maximum absolute atomic E-state index is 10.8. The Labute approximate surface area is 94.3 Å². The van der Waals surface area contributed by atoms with Crippen molar-refractivity contribution in [2.45, 2.75) is 26.3 Å². The second kappa shape index (κ2) is 4.00. The summed E-state index contributed by atoms with van der Waals surface area (Å²) in [6, 6.07) is 8.17. The third-order valence-corrected chi connectivity index (χ3v) is 2.72. The molecular weight excluding hydrogens is 202 g/mol. The number of carboxylic acid groups (broad SMARTS) is 1. The average molecular weight is 217 g/mol. The molecule has 0 saturated carbocycles. The first kappa shape index (κ1) is 10.7. The Morgan fingerprint density at radius 3 is 2.75 bits per heavy atom. The molecule has 0 aliphatic rings. The molecule has 1 heterocycles. The number of rotatable bonds is 3. The molecule has 84 valence electrons. The van der Waals surface area contributed by atoms with Crippen LogP contribution in [0.2, 0.25) is 0 Å². The van der Waals surface area contributed by atoms with Crippen molar-refractivity contribution >= 4 is 16.9 Å². The molecule has 3 heteroatoms. The molecule has 0 aliphatic carbocycles. The molecule has 1 N–H and O–H groups in total. The molecule has 3 nitrogen and oxygen atoms in total. The monoisotopic (exact) mass is 217 g/mol. The van der Waals surface area contributed by atoms with Crippen LogP contribution in [0.15, 0.2) is 30.5 Å². The predicted octanol–water partition coefficient (Wildman–Crippen LogP) is 2.85. The first-order valence-electron chi connectivity index (χ1n) is 5.40. The van der Waals surface area contributed by atoms with Gasteiger partial charge in [-0.15, -0.1) is 0 Å². The number of carbonyl (C=O) groups is 1. The largest absolute Gasteiger partial charge is 0.481 e. The molecule has 1 aromatic heterocycles. The minimum Gasteiger partial charge on any atom is -0.481 e. The van der Waals surface area contributed by atoms with E-state index in [9.17, 15) is 4.79 Å². The van der Waals surface area contributed by atoms with Crippen molar-refractivity contribution in [3.05, 3.63) is 36.0 Å². The van der Waals surface area contributed by atoms with Crippen LogP contribution in [0.1, 0.15) is 25.5 Å². The Morgan fingerprint density at radius 2 is 2.12 bits per heavy atom. The third kappa shape index (κ3) is 1.81. The van der Waals surface area contributed by atoms with Crippen molar-refractivity contribution < 1.29 is 9.90 Å². The molecule has 1 aromatic carbocycles. The molecule has 0 spiro atoms. The lowest BCUT2D eigenvalue weighted by molar-refractivity contribution is -0.136. The maximum Gasteiger partial charge on any atom is 0.307 e. The van der Waals surface area contributed by atoms with Crippen LogP contribution in [0, 0.1) is 0 Å². The van der Waals surface area contributed by atoms with Crippen LogP contribution in [-0.4, -0.2) is 15.6 Å². The van der Waals surface area contributed by atoms with Crippen molar-refractivity contribution in [3.63, 3.8) is 0 Å². The van der Waals surface area contributed by atoms with Crippen LogP contribution >= 0.6 is 0 Å². The normalized spacial score (nSPS) is 11.2. The molecule has 0 fully saturated rings. The van der Waals surface area contributed by atoms with Crippen molar-refractivity contribution in [3.8, 4) is 0 Å². The highest BCUT2D eigenvalue weighted by atomic mass is 16.4. The fourth-order valence-corrected chi connectivity index (χ4v) is 2.03. The molecular formula is C13H15NO2. The van der Waals surface area contributed by atoms with Gasteiger partial charge < -0.3 is 9.67 Å². The molecule has 0 unspecified atom stereocenters. The summed E-state index contributed by atoms with van der Waals surface area (Å²) in [5.41, 5.74) is 1.92. The Hall–Kier alpha value is -1.77. The zero-order valence-electron chi connectivity index (χ0n) is 9.47. The first-order valence-corrected chi connectivity index (χ1v) is 5.40. The Kier molecular flexibility index (Phi) is 2.69. The van der Waals surface area contributed by atoms with E-state index < -0.39 is 5.97 Å². The Bertz CT molecular complexity index is 526. The second-order valence-electron chi connectivity index (χ2n) is 4.24. The van der Waals surface area contributed by atoms with Gasteiger partial charge in [-0.25, -0.2) is 0 Å². The van der Waals surface area contributed by atoms with Gasteiger partial charge in [-0.1, -0.05) is 18.2 Å². The van der Waals surface area contributed by atoms with Gasteiger partial charge in [0, 0.05) is 12.2 Å². The summed E-state index contributed by atoms with van der Waals surface area (Å²) in [6.07, 6.45) is 2.09. The van der Waals surface area contributed by atoms with E-state index in [1.807, 2.05) is 30.5 Å². The van der Waals surface area contributed by atoms with E-state index in [0.29, 0.717) is 6.04 Å². The van der Waals surface area contributed by atoms with Crippen molar-refractivity contribution in [2.75, 3.05) is 0 Å². The van der Waals surface area contributed by atoms with Crippen LogP contribution in [0.5, 0.6) is 0 Å². The topological polar surface area (TPSA) is 42.2 Å². The summed E-state index contributed by atoms with van der Waals surface area (Å²) in [5, 5.41) is 9.99. The number of fused-ring (bicyclic) bond motifs is 1. The molecule has 0 saturated heterocycles. The minimum absolute atomic E-state index is 0.0775. The zero-order chi connectivity index (χ0) is 11.7. The van der Waals surface area contributed by atoms with E-state index in [4.69, 9.17) is 5.11 Å². The molecule has 0 radical (unpaired) electrons. The first-order chi connectivity index (χ1) is 7.59. The number of aliphatic carboxylic acids is 1. The molecule has 16 heavy (non-hydrogen) atoms.